The summed E-state index contributed by atoms with van der Waals surface area (Å²) in [5.41, 5.74) is 0.791. The molecule has 0 saturated carbocycles. The molecule has 1 N–H and O–H groups in total. The molecule has 0 fully saturated rings. The number of rotatable bonds is 11. The lowest BCUT2D eigenvalue weighted by molar-refractivity contribution is -0.129. The normalized spacial score (nSPS) is 15.6. The quantitative estimate of drug-likeness (QED) is 0.249. The van der Waals surface area contributed by atoms with Crippen LogP contribution in [0.2, 0.25) is 5.02 Å². The summed E-state index contributed by atoms with van der Waals surface area (Å²) in [4.78, 5) is 28.5. The molecule has 0 aliphatic carbocycles. The van der Waals surface area contributed by atoms with E-state index in [1.54, 1.807) is 37.4 Å². The predicted molar refractivity (Wildman–Crippen MR) is 141 cm³/mol. The minimum Gasteiger partial charge on any atom is -0.503 e. The van der Waals surface area contributed by atoms with Crippen molar-refractivity contribution in [1.82, 2.24) is 4.90 Å². The summed E-state index contributed by atoms with van der Waals surface area (Å²) in [7, 11) is 4.54. The zero-order valence-corrected chi connectivity index (χ0v) is 22.6. The van der Waals surface area contributed by atoms with Crippen molar-refractivity contribution in [3.05, 3.63) is 64.1 Å². The minimum atomic E-state index is -0.896. The Kier molecular flexibility index (Phi) is 8.18. The molecule has 4 rings (SSSR count). The SMILES string of the molecule is COCCCN1C(=O)C(O)=C(C(=O)c2cc3cc(Cl)cc(OC)c3o2)C1c1ccc(OC(C)C)c(OC)c1. The molecule has 1 amide bonds. The third-order valence-corrected chi connectivity index (χ3v) is 6.37. The first-order chi connectivity index (χ1) is 18.2. The molecule has 1 aliphatic heterocycles. The van der Waals surface area contributed by atoms with Crippen LogP contribution in [0.4, 0.5) is 0 Å². The number of benzene rings is 2. The molecule has 10 heteroatoms. The number of hydrogen-bond donors (Lipinski definition) is 1. The smallest absolute Gasteiger partial charge is 0.290 e. The van der Waals surface area contributed by atoms with Crippen LogP contribution in [0.3, 0.4) is 0 Å². The number of furan rings is 1. The molecule has 0 radical (unpaired) electrons. The molecule has 0 bridgehead atoms. The summed E-state index contributed by atoms with van der Waals surface area (Å²) < 4.78 is 27.7. The fourth-order valence-corrected chi connectivity index (χ4v) is 4.75. The fraction of sp³-hybridized carbons (Fsp3) is 0.357. The van der Waals surface area contributed by atoms with Gasteiger partial charge in [-0.15, -0.1) is 0 Å². The largest absolute Gasteiger partial charge is 0.503 e. The second kappa shape index (κ2) is 11.4. The topological polar surface area (TPSA) is 108 Å². The molecule has 202 valence electrons. The van der Waals surface area contributed by atoms with Crippen LogP contribution in [0, 0.1) is 0 Å². The average Bonchev–Trinajstić information content (AvgIpc) is 3.42. The van der Waals surface area contributed by atoms with Gasteiger partial charge in [-0.25, -0.2) is 0 Å². The van der Waals surface area contributed by atoms with Crippen molar-refractivity contribution < 1.29 is 38.1 Å². The zero-order valence-electron chi connectivity index (χ0n) is 21.9. The first-order valence-corrected chi connectivity index (χ1v) is 12.5. The van der Waals surface area contributed by atoms with Crippen LogP contribution in [0.15, 0.2) is 52.1 Å². The number of fused-ring (bicyclic) bond motifs is 1. The Hall–Kier alpha value is -3.69. The van der Waals surface area contributed by atoms with Crippen molar-refractivity contribution in [2.45, 2.75) is 32.4 Å². The Morgan fingerprint density at radius 3 is 2.47 bits per heavy atom. The number of Topliss-reactive ketones (excluding diaryl/α,β-unsaturated/α-hetero) is 1. The van der Waals surface area contributed by atoms with Crippen LogP contribution in [0.25, 0.3) is 11.0 Å². The second-order valence-corrected chi connectivity index (χ2v) is 9.49. The molecule has 1 unspecified atom stereocenters. The summed E-state index contributed by atoms with van der Waals surface area (Å²) >= 11 is 6.18. The Labute approximate surface area is 225 Å². The number of aliphatic hydroxyl groups excluding tert-OH is 1. The third kappa shape index (κ3) is 5.16. The summed E-state index contributed by atoms with van der Waals surface area (Å²) in [5.74, 6) is -0.686. The summed E-state index contributed by atoms with van der Waals surface area (Å²) in [5, 5.41) is 11.9. The number of aliphatic hydroxyl groups is 1. The molecular weight excluding hydrogens is 514 g/mol. The van der Waals surface area contributed by atoms with Gasteiger partial charge in [0.1, 0.15) is 0 Å². The van der Waals surface area contributed by atoms with Crippen molar-refractivity contribution in [2.24, 2.45) is 0 Å². The molecule has 0 spiro atoms. The van der Waals surface area contributed by atoms with Crippen molar-refractivity contribution in [3.8, 4) is 17.2 Å². The lowest BCUT2D eigenvalue weighted by atomic mass is 9.94. The monoisotopic (exact) mass is 543 g/mol. The lowest BCUT2D eigenvalue weighted by Gasteiger charge is -2.27. The molecule has 2 aromatic carbocycles. The number of carbonyl (C=O) groups excluding carboxylic acids is 2. The van der Waals surface area contributed by atoms with E-state index in [1.165, 1.54) is 25.2 Å². The summed E-state index contributed by atoms with van der Waals surface area (Å²) in [6.45, 7) is 4.44. The number of nitrogens with zero attached hydrogens (tertiary/aromatic N) is 1. The highest BCUT2D eigenvalue weighted by molar-refractivity contribution is 6.31. The van der Waals surface area contributed by atoms with Gasteiger partial charge < -0.3 is 33.4 Å². The van der Waals surface area contributed by atoms with E-state index in [0.717, 1.165) is 0 Å². The molecule has 9 nitrogen and oxygen atoms in total. The van der Waals surface area contributed by atoms with Crippen molar-refractivity contribution in [2.75, 3.05) is 34.5 Å². The van der Waals surface area contributed by atoms with Gasteiger partial charge in [-0.05, 0) is 50.1 Å². The average molecular weight is 544 g/mol. The molecule has 38 heavy (non-hydrogen) atoms. The van der Waals surface area contributed by atoms with Gasteiger partial charge in [0.25, 0.3) is 5.91 Å². The van der Waals surface area contributed by atoms with E-state index < -0.39 is 23.5 Å². The number of ether oxygens (including phenoxy) is 4. The number of halogens is 1. The maximum Gasteiger partial charge on any atom is 0.290 e. The van der Waals surface area contributed by atoms with Gasteiger partial charge in [-0.1, -0.05) is 17.7 Å². The van der Waals surface area contributed by atoms with Crippen LogP contribution in [-0.4, -0.2) is 62.3 Å². The lowest BCUT2D eigenvalue weighted by Crippen LogP contribution is -2.32. The molecule has 3 aromatic rings. The number of ketones is 1. The molecular formula is C28H30ClNO8. The van der Waals surface area contributed by atoms with Crippen LogP contribution >= 0.6 is 11.6 Å². The van der Waals surface area contributed by atoms with E-state index in [0.29, 0.717) is 51.8 Å². The number of methoxy groups -OCH3 is 3. The van der Waals surface area contributed by atoms with Gasteiger partial charge >= 0.3 is 0 Å². The fourth-order valence-electron chi connectivity index (χ4n) is 4.53. The Morgan fingerprint density at radius 2 is 1.82 bits per heavy atom. The highest BCUT2D eigenvalue weighted by atomic mass is 35.5. The van der Waals surface area contributed by atoms with Gasteiger partial charge in [-0.2, -0.15) is 0 Å². The Morgan fingerprint density at radius 1 is 1.08 bits per heavy atom. The highest BCUT2D eigenvalue weighted by Crippen LogP contribution is 2.43. The minimum absolute atomic E-state index is 0.0645. The van der Waals surface area contributed by atoms with E-state index >= 15 is 0 Å². The third-order valence-electron chi connectivity index (χ3n) is 6.15. The first-order valence-electron chi connectivity index (χ1n) is 12.1. The number of carbonyl (C=O) groups is 2. The maximum absolute atomic E-state index is 13.8. The Balaban J connectivity index is 1.81. The first kappa shape index (κ1) is 27.3. The Bertz CT molecular complexity index is 1390. The van der Waals surface area contributed by atoms with Crippen LogP contribution < -0.4 is 14.2 Å². The molecule has 2 heterocycles. The predicted octanol–water partition coefficient (Wildman–Crippen LogP) is 5.51. The van der Waals surface area contributed by atoms with Crippen LogP contribution in [0.1, 0.15) is 42.4 Å². The summed E-state index contributed by atoms with van der Waals surface area (Å²) in [6, 6.07) is 9.00. The maximum atomic E-state index is 13.8. The van der Waals surface area contributed by atoms with Crippen LogP contribution in [0.5, 0.6) is 17.2 Å². The standard InChI is InChI=1S/C28H30ClNO8/c1-15(2)37-19-8-7-16(12-20(19)35-4)24-23(26(32)28(33)30(24)9-6-10-34-3)25(31)21-13-17-11-18(29)14-22(36-5)27(17)38-21/h7-8,11-15,24,32H,6,9-10H2,1-5H3. The van der Waals surface area contributed by atoms with E-state index in [1.807, 2.05) is 13.8 Å². The van der Waals surface area contributed by atoms with Crippen molar-refractivity contribution >= 4 is 34.3 Å². The molecule has 1 aliphatic rings. The van der Waals surface area contributed by atoms with Gasteiger partial charge in [0.05, 0.1) is 31.9 Å². The van der Waals surface area contributed by atoms with Gasteiger partial charge in [0, 0.05) is 36.7 Å². The van der Waals surface area contributed by atoms with E-state index in [9.17, 15) is 14.7 Å². The molecule has 1 atom stereocenters. The number of hydrogen-bond acceptors (Lipinski definition) is 8. The van der Waals surface area contributed by atoms with Gasteiger partial charge in [-0.3, -0.25) is 9.59 Å². The van der Waals surface area contributed by atoms with Gasteiger partial charge in [0.15, 0.2) is 34.4 Å². The molecule has 1 aromatic heterocycles. The van der Waals surface area contributed by atoms with E-state index in [4.69, 9.17) is 35.0 Å². The van der Waals surface area contributed by atoms with E-state index in [-0.39, 0.29) is 24.0 Å². The van der Waals surface area contributed by atoms with Crippen molar-refractivity contribution in [3.63, 3.8) is 0 Å². The highest BCUT2D eigenvalue weighted by Gasteiger charge is 2.44. The van der Waals surface area contributed by atoms with Crippen molar-refractivity contribution in [1.29, 1.82) is 0 Å². The molecule has 0 saturated heterocycles. The summed E-state index contributed by atoms with van der Waals surface area (Å²) in [6.07, 6.45) is 0.410. The van der Waals surface area contributed by atoms with E-state index in [2.05, 4.69) is 0 Å². The van der Waals surface area contributed by atoms with Crippen LogP contribution in [-0.2, 0) is 9.53 Å². The zero-order chi connectivity index (χ0) is 27.6. The number of amides is 1. The van der Waals surface area contributed by atoms with Gasteiger partial charge in [0.2, 0.25) is 5.78 Å². The second-order valence-electron chi connectivity index (χ2n) is 9.05.